The summed E-state index contributed by atoms with van der Waals surface area (Å²) in [6.07, 6.45) is 0.798. The maximum Gasteiger partial charge on any atom is 0.174 e. The van der Waals surface area contributed by atoms with Crippen LogP contribution < -0.4 is 10.5 Å². The van der Waals surface area contributed by atoms with Crippen LogP contribution in [0, 0.1) is 0 Å². The maximum atomic E-state index is 10.5. The second-order valence-corrected chi connectivity index (χ2v) is 4.93. The first kappa shape index (κ1) is 14.1. The standard InChI is InChI=1S/C14H16BrNO3/c1-18-10-4-2-3-9(7-10)12(8-16)13(17)11-5-6-19-14(11)15/h2-7,12-13,17H,8,16H2,1H3. The minimum Gasteiger partial charge on any atom is -0.497 e. The number of halogens is 1. The molecule has 0 bridgehead atoms. The molecule has 0 fully saturated rings. The summed E-state index contributed by atoms with van der Waals surface area (Å²) in [4.78, 5) is 0. The van der Waals surface area contributed by atoms with Crippen LogP contribution in [-0.2, 0) is 0 Å². The molecule has 102 valence electrons. The van der Waals surface area contributed by atoms with E-state index in [-0.39, 0.29) is 5.92 Å². The zero-order valence-corrected chi connectivity index (χ0v) is 12.1. The van der Waals surface area contributed by atoms with Gasteiger partial charge in [0, 0.05) is 18.0 Å². The number of ether oxygens (including phenoxy) is 1. The third-order valence-electron chi connectivity index (χ3n) is 3.12. The van der Waals surface area contributed by atoms with E-state index in [2.05, 4.69) is 15.9 Å². The van der Waals surface area contributed by atoms with E-state index in [0.717, 1.165) is 11.3 Å². The molecule has 0 aliphatic heterocycles. The molecule has 19 heavy (non-hydrogen) atoms. The summed E-state index contributed by atoms with van der Waals surface area (Å²) in [5.74, 6) is 0.526. The van der Waals surface area contributed by atoms with Crippen LogP contribution >= 0.6 is 15.9 Å². The highest BCUT2D eigenvalue weighted by Gasteiger charge is 2.25. The molecule has 0 saturated heterocycles. The molecule has 2 atom stereocenters. The smallest absolute Gasteiger partial charge is 0.174 e. The molecule has 0 aliphatic rings. The van der Waals surface area contributed by atoms with Crippen LogP contribution in [-0.4, -0.2) is 18.8 Å². The number of hydrogen-bond acceptors (Lipinski definition) is 4. The Bertz CT molecular complexity index is 541. The molecular formula is C14H16BrNO3. The average molecular weight is 326 g/mol. The van der Waals surface area contributed by atoms with Crippen LogP contribution in [0.1, 0.15) is 23.1 Å². The first-order valence-corrected chi connectivity index (χ1v) is 6.71. The molecular weight excluding hydrogens is 310 g/mol. The third kappa shape index (κ3) is 3.00. The first-order chi connectivity index (χ1) is 9.17. The molecule has 5 heteroatoms. The topological polar surface area (TPSA) is 68.6 Å². The summed E-state index contributed by atoms with van der Waals surface area (Å²) in [7, 11) is 1.61. The molecule has 0 aliphatic carbocycles. The van der Waals surface area contributed by atoms with Crippen LogP contribution in [0.25, 0.3) is 0 Å². The van der Waals surface area contributed by atoms with Crippen molar-refractivity contribution >= 4 is 15.9 Å². The molecule has 4 nitrogen and oxygen atoms in total. The normalized spacial score (nSPS) is 14.1. The Hall–Kier alpha value is -1.30. The lowest BCUT2D eigenvalue weighted by Gasteiger charge is -2.21. The molecule has 1 aromatic heterocycles. The molecule has 1 aromatic carbocycles. The van der Waals surface area contributed by atoms with Gasteiger partial charge in [-0.2, -0.15) is 0 Å². The summed E-state index contributed by atoms with van der Waals surface area (Å²) in [6, 6.07) is 9.29. The summed E-state index contributed by atoms with van der Waals surface area (Å²) in [5, 5.41) is 10.5. The fourth-order valence-corrected chi connectivity index (χ4v) is 2.53. The molecule has 0 radical (unpaired) electrons. The lowest BCUT2D eigenvalue weighted by molar-refractivity contribution is 0.145. The Morgan fingerprint density at radius 3 is 2.79 bits per heavy atom. The Morgan fingerprint density at radius 1 is 1.42 bits per heavy atom. The lowest BCUT2D eigenvalue weighted by atomic mass is 9.90. The van der Waals surface area contributed by atoms with Gasteiger partial charge in [-0.05, 0) is 39.7 Å². The molecule has 0 amide bonds. The summed E-state index contributed by atoms with van der Waals surface area (Å²) < 4.78 is 10.9. The predicted octanol–water partition coefficient (Wildman–Crippen LogP) is 2.83. The van der Waals surface area contributed by atoms with Gasteiger partial charge >= 0.3 is 0 Å². The highest BCUT2D eigenvalue weighted by molar-refractivity contribution is 9.10. The van der Waals surface area contributed by atoms with E-state index in [1.54, 1.807) is 13.2 Å². The highest BCUT2D eigenvalue weighted by Crippen LogP contribution is 2.35. The van der Waals surface area contributed by atoms with Gasteiger partial charge in [0.15, 0.2) is 4.67 Å². The number of aliphatic hydroxyl groups excluding tert-OH is 1. The van der Waals surface area contributed by atoms with E-state index in [0.29, 0.717) is 16.8 Å². The van der Waals surface area contributed by atoms with Crippen molar-refractivity contribution < 1.29 is 14.3 Å². The number of rotatable bonds is 5. The number of furan rings is 1. The number of methoxy groups -OCH3 is 1. The van der Waals surface area contributed by atoms with Crippen LogP contribution in [0.5, 0.6) is 5.75 Å². The Labute approximate surface area is 120 Å². The van der Waals surface area contributed by atoms with E-state index in [4.69, 9.17) is 14.9 Å². The fraction of sp³-hybridized carbons (Fsp3) is 0.286. The molecule has 0 spiro atoms. The summed E-state index contributed by atoms with van der Waals surface area (Å²) in [5.41, 5.74) is 7.43. The van der Waals surface area contributed by atoms with Crippen molar-refractivity contribution in [1.29, 1.82) is 0 Å². The molecule has 1 heterocycles. The van der Waals surface area contributed by atoms with Crippen LogP contribution in [0.4, 0.5) is 0 Å². The Balaban J connectivity index is 2.31. The zero-order valence-electron chi connectivity index (χ0n) is 10.5. The fourth-order valence-electron chi connectivity index (χ4n) is 2.05. The van der Waals surface area contributed by atoms with Crippen molar-refractivity contribution in [3.63, 3.8) is 0 Å². The van der Waals surface area contributed by atoms with Gasteiger partial charge in [0.25, 0.3) is 0 Å². The molecule has 2 unspecified atom stereocenters. The van der Waals surface area contributed by atoms with Gasteiger partial charge in [-0.15, -0.1) is 0 Å². The Morgan fingerprint density at radius 2 is 2.21 bits per heavy atom. The van der Waals surface area contributed by atoms with Gasteiger partial charge in [-0.3, -0.25) is 0 Å². The quantitative estimate of drug-likeness (QED) is 0.886. The minimum absolute atomic E-state index is 0.219. The van der Waals surface area contributed by atoms with Gasteiger partial charge in [-0.1, -0.05) is 12.1 Å². The van der Waals surface area contributed by atoms with E-state index in [1.807, 2.05) is 24.3 Å². The van der Waals surface area contributed by atoms with Crippen molar-refractivity contribution in [2.24, 2.45) is 5.73 Å². The lowest BCUT2D eigenvalue weighted by Crippen LogP contribution is -2.20. The van der Waals surface area contributed by atoms with Crippen molar-refractivity contribution in [3.05, 3.63) is 52.4 Å². The van der Waals surface area contributed by atoms with Gasteiger partial charge in [0.1, 0.15) is 5.75 Å². The van der Waals surface area contributed by atoms with Gasteiger partial charge in [0.05, 0.1) is 19.5 Å². The third-order valence-corrected chi connectivity index (χ3v) is 3.77. The molecule has 2 rings (SSSR count). The Kier molecular flexibility index (Phi) is 4.63. The predicted molar refractivity (Wildman–Crippen MR) is 76.2 cm³/mol. The number of hydrogen-bond donors (Lipinski definition) is 2. The maximum absolute atomic E-state index is 10.5. The van der Waals surface area contributed by atoms with Crippen molar-refractivity contribution in [1.82, 2.24) is 0 Å². The molecule has 0 saturated carbocycles. The van der Waals surface area contributed by atoms with Crippen LogP contribution in [0.2, 0.25) is 0 Å². The van der Waals surface area contributed by atoms with E-state index in [9.17, 15) is 5.11 Å². The van der Waals surface area contributed by atoms with Crippen molar-refractivity contribution in [2.45, 2.75) is 12.0 Å². The van der Waals surface area contributed by atoms with Crippen molar-refractivity contribution in [3.8, 4) is 5.75 Å². The van der Waals surface area contributed by atoms with E-state index < -0.39 is 6.10 Å². The van der Waals surface area contributed by atoms with Crippen LogP contribution in [0.15, 0.2) is 45.7 Å². The van der Waals surface area contributed by atoms with Gasteiger partial charge in [-0.25, -0.2) is 0 Å². The zero-order chi connectivity index (χ0) is 13.8. The van der Waals surface area contributed by atoms with E-state index >= 15 is 0 Å². The van der Waals surface area contributed by atoms with Crippen molar-refractivity contribution in [2.75, 3.05) is 13.7 Å². The second-order valence-electron chi connectivity index (χ2n) is 4.21. The average Bonchev–Trinajstić information content (AvgIpc) is 2.86. The van der Waals surface area contributed by atoms with Crippen LogP contribution in [0.3, 0.4) is 0 Å². The molecule has 2 aromatic rings. The first-order valence-electron chi connectivity index (χ1n) is 5.92. The summed E-state index contributed by atoms with van der Waals surface area (Å²) >= 11 is 3.27. The molecule has 3 N–H and O–H groups in total. The van der Waals surface area contributed by atoms with Gasteiger partial charge < -0.3 is 20.0 Å². The van der Waals surface area contributed by atoms with Gasteiger partial charge in [0.2, 0.25) is 0 Å². The highest BCUT2D eigenvalue weighted by atomic mass is 79.9. The largest absolute Gasteiger partial charge is 0.497 e. The van der Waals surface area contributed by atoms with E-state index in [1.165, 1.54) is 6.26 Å². The number of benzene rings is 1. The SMILES string of the molecule is COc1cccc(C(CN)C(O)c2ccoc2Br)c1. The minimum atomic E-state index is -0.731. The second kappa shape index (κ2) is 6.23. The monoisotopic (exact) mass is 325 g/mol. The number of aliphatic hydroxyl groups is 1. The number of nitrogens with two attached hydrogens (primary N) is 1. The summed E-state index contributed by atoms with van der Waals surface area (Å²) in [6.45, 7) is 0.325.